The van der Waals surface area contributed by atoms with E-state index in [0.717, 1.165) is 29.4 Å². The molecule has 3 aromatic heterocycles. The SMILES string of the molecule is Cc1nn(-c2ccc(Oc3ccc(NS(=O)(=O)c4cnoc4)cc3)nn2)c(C)c1C. The zero-order valence-corrected chi connectivity index (χ0v) is 17.2. The van der Waals surface area contributed by atoms with Gasteiger partial charge in [0.25, 0.3) is 10.0 Å². The van der Waals surface area contributed by atoms with Gasteiger partial charge >= 0.3 is 0 Å². The highest BCUT2D eigenvalue weighted by atomic mass is 32.2. The van der Waals surface area contributed by atoms with Crippen molar-refractivity contribution in [1.82, 2.24) is 25.1 Å². The van der Waals surface area contributed by atoms with E-state index in [4.69, 9.17) is 4.74 Å². The Hall–Kier alpha value is -3.73. The van der Waals surface area contributed by atoms with Crippen molar-refractivity contribution in [3.63, 3.8) is 0 Å². The van der Waals surface area contributed by atoms with Crippen LogP contribution in [-0.2, 0) is 10.0 Å². The van der Waals surface area contributed by atoms with Crippen LogP contribution in [0, 0.1) is 20.8 Å². The number of benzene rings is 1. The fourth-order valence-electron chi connectivity index (χ4n) is 2.68. The van der Waals surface area contributed by atoms with E-state index in [9.17, 15) is 8.42 Å². The van der Waals surface area contributed by atoms with Crippen molar-refractivity contribution in [2.75, 3.05) is 4.72 Å². The number of nitrogens with one attached hydrogen (secondary N) is 1. The molecule has 1 aromatic carbocycles. The van der Waals surface area contributed by atoms with E-state index in [1.807, 2.05) is 20.8 Å². The third kappa shape index (κ3) is 3.87. The first-order valence-electron chi connectivity index (χ1n) is 8.90. The Kier molecular flexibility index (Phi) is 4.96. The Bertz CT molecular complexity index is 1260. The number of aromatic nitrogens is 5. The quantitative estimate of drug-likeness (QED) is 0.498. The lowest BCUT2D eigenvalue weighted by molar-refractivity contribution is 0.417. The lowest BCUT2D eigenvalue weighted by atomic mass is 10.2. The molecule has 0 fully saturated rings. The van der Waals surface area contributed by atoms with Crippen molar-refractivity contribution in [3.8, 4) is 17.4 Å². The fraction of sp³-hybridized carbons (Fsp3) is 0.158. The van der Waals surface area contributed by atoms with E-state index in [1.54, 1.807) is 41.1 Å². The predicted molar refractivity (Wildman–Crippen MR) is 107 cm³/mol. The summed E-state index contributed by atoms with van der Waals surface area (Å²) in [7, 11) is -3.76. The van der Waals surface area contributed by atoms with Crippen LogP contribution in [0.25, 0.3) is 5.82 Å². The molecule has 4 aromatic rings. The first-order chi connectivity index (χ1) is 14.3. The van der Waals surface area contributed by atoms with Gasteiger partial charge in [0.2, 0.25) is 5.88 Å². The van der Waals surface area contributed by atoms with Crippen LogP contribution in [0.4, 0.5) is 5.69 Å². The number of sulfonamides is 1. The van der Waals surface area contributed by atoms with Gasteiger partial charge in [-0.1, -0.05) is 5.16 Å². The molecule has 0 aliphatic carbocycles. The maximum atomic E-state index is 12.2. The highest BCUT2D eigenvalue weighted by Crippen LogP contribution is 2.23. The minimum absolute atomic E-state index is 0.0593. The van der Waals surface area contributed by atoms with E-state index in [-0.39, 0.29) is 4.90 Å². The van der Waals surface area contributed by atoms with Crippen molar-refractivity contribution >= 4 is 15.7 Å². The van der Waals surface area contributed by atoms with E-state index in [1.165, 1.54) is 0 Å². The Morgan fingerprint density at radius 3 is 2.37 bits per heavy atom. The minimum Gasteiger partial charge on any atom is -0.438 e. The summed E-state index contributed by atoms with van der Waals surface area (Å²) in [5.74, 6) is 1.37. The minimum atomic E-state index is -3.76. The molecule has 0 aliphatic heterocycles. The molecule has 0 radical (unpaired) electrons. The third-order valence-corrected chi connectivity index (χ3v) is 5.87. The summed E-state index contributed by atoms with van der Waals surface area (Å²) in [6.45, 7) is 5.93. The lowest BCUT2D eigenvalue weighted by Gasteiger charge is -2.08. The molecular formula is C19H18N6O4S. The fourth-order valence-corrected chi connectivity index (χ4v) is 3.59. The van der Waals surface area contributed by atoms with Crippen LogP contribution in [0.2, 0.25) is 0 Å². The highest BCUT2D eigenvalue weighted by Gasteiger charge is 2.16. The average Bonchev–Trinajstić information content (AvgIpc) is 3.36. The van der Waals surface area contributed by atoms with Crippen molar-refractivity contribution < 1.29 is 17.7 Å². The molecule has 1 N–H and O–H groups in total. The molecule has 0 atom stereocenters. The maximum absolute atomic E-state index is 12.2. The van der Waals surface area contributed by atoms with Gasteiger partial charge < -0.3 is 9.26 Å². The number of ether oxygens (including phenoxy) is 1. The van der Waals surface area contributed by atoms with E-state index in [0.29, 0.717) is 23.1 Å². The number of nitrogens with zero attached hydrogens (tertiary/aromatic N) is 5. The van der Waals surface area contributed by atoms with Gasteiger partial charge in [-0.2, -0.15) is 5.10 Å². The van der Waals surface area contributed by atoms with E-state index < -0.39 is 10.0 Å². The smallest absolute Gasteiger partial charge is 0.266 e. The molecule has 4 rings (SSSR count). The molecule has 0 saturated heterocycles. The predicted octanol–water partition coefficient (Wildman–Crippen LogP) is 3.17. The summed E-state index contributed by atoms with van der Waals surface area (Å²) >= 11 is 0. The molecular weight excluding hydrogens is 408 g/mol. The highest BCUT2D eigenvalue weighted by molar-refractivity contribution is 7.92. The van der Waals surface area contributed by atoms with Gasteiger partial charge in [-0.05, 0) is 56.7 Å². The van der Waals surface area contributed by atoms with Crippen molar-refractivity contribution in [1.29, 1.82) is 0 Å². The zero-order valence-electron chi connectivity index (χ0n) is 16.4. The van der Waals surface area contributed by atoms with Crippen LogP contribution in [0.15, 0.2) is 58.3 Å². The van der Waals surface area contributed by atoms with Crippen LogP contribution < -0.4 is 9.46 Å². The monoisotopic (exact) mass is 426 g/mol. The van der Waals surface area contributed by atoms with Gasteiger partial charge in [0, 0.05) is 17.4 Å². The molecule has 0 saturated carbocycles. The van der Waals surface area contributed by atoms with E-state index in [2.05, 4.69) is 29.7 Å². The van der Waals surface area contributed by atoms with Crippen molar-refractivity contribution in [2.45, 2.75) is 25.7 Å². The third-order valence-electron chi connectivity index (χ3n) is 4.55. The molecule has 0 aliphatic rings. The number of anilines is 1. The van der Waals surface area contributed by atoms with Crippen LogP contribution in [0.1, 0.15) is 17.0 Å². The van der Waals surface area contributed by atoms with Crippen LogP contribution in [0.5, 0.6) is 11.6 Å². The summed E-state index contributed by atoms with van der Waals surface area (Å²) in [5, 5.41) is 16.1. The summed E-state index contributed by atoms with van der Waals surface area (Å²) in [4.78, 5) is -0.0593. The summed E-state index contributed by atoms with van der Waals surface area (Å²) in [6, 6.07) is 9.83. The Balaban J connectivity index is 1.45. The normalized spacial score (nSPS) is 11.4. The second-order valence-electron chi connectivity index (χ2n) is 6.53. The lowest BCUT2D eigenvalue weighted by Crippen LogP contribution is -2.11. The molecule has 154 valence electrons. The summed E-state index contributed by atoms with van der Waals surface area (Å²) in [6.07, 6.45) is 2.17. The standard InChI is InChI=1S/C19H18N6O4S/c1-12-13(2)23-25(14(12)3)18-8-9-19(22-21-18)29-16-6-4-15(5-7-16)24-30(26,27)17-10-20-28-11-17/h4-11,24H,1-3H3. The van der Waals surface area contributed by atoms with E-state index >= 15 is 0 Å². The molecule has 11 heteroatoms. The summed E-state index contributed by atoms with van der Waals surface area (Å²) in [5.41, 5.74) is 3.41. The van der Waals surface area contributed by atoms with Gasteiger partial charge in [-0.25, -0.2) is 13.1 Å². The van der Waals surface area contributed by atoms with Gasteiger partial charge in [0.05, 0.1) is 11.9 Å². The molecule has 30 heavy (non-hydrogen) atoms. The second-order valence-corrected chi connectivity index (χ2v) is 8.21. The number of rotatable bonds is 6. The maximum Gasteiger partial charge on any atom is 0.266 e. The topological polar surface area (TPSA) is 125 Å². The van der Waals surface area contributed by atoms with Crippen molar-refractivity contribution in [3.05, 3.63) is 65.8 Å². The first-order valence-corrected chi connectivity index (χ1v) is 10.4. The molecule has 0 bridgehead atoms. The molecule has 3 heterocycles. The van der Waals surface area contributed by atoms with Gasteiger partial charge in [0.15, 0.2) is 5.82 Å². The van der Waals surface area contributed by atoms with Crippen LogP contribution in [-0.4, -0.2) is 33.6 Å². The Labute approximate surface area is 172 Å². The number of hydrogen-bond acceptors (Lipinski definition) is 8. The van der Waals surface area contributed by atoms with Gasteiger partial charge in [0.1, 0.15) is 16.9 Å². The summed E-state index contributed by atoms with van der Waals surface area (Å²) < 4.78 is 38.7. The van der Waals surface area contributed by atoms with Crippen molar-refractivity contribution in [2.24, 2.45) is 0 Å². The van der Waals surface area contributed by atoms with Crippen LogP contribution >= 0.6 is 0 Å². The largest absolute Gasteiger partial charge is 0.438 e. The van der Waals surface area contributed by atoms with Gasteiger partial charge in [-0.15, -0.1) is 10.2 Å². The molecule has 0 unspecified atom stereocenters. The zero-order chi connectivity index (χ0) is 21.3. The second kappa shape index (κ2) is 7.59. The average molecular weight is 426 g/mol. The Morgan fingerprint density at radius 1 is 1.03 bits per heavy atom. The van der Waals surface area contributed by atoms with Gasteiger partial charge in [-0.3, -0.25) is 4.72 Å². The number of hydrogen-bond donors (Lipinski definition) is 1. The van der Waals surface area contributed by atoms with Crippen LogP contribution in [0.3, 0.4) is 0 Å². The molecule has 0 spiro atoms. The Morgan fingerprint density at radius 2 is 1.80 bits per heavy atom. The first kappa shape index (κ1) is 19.6. The molecule has 0 amide bonds. The number of aryl methyl sites for hydroxylation is 1. The molecule has 10 nitrogen and oxygen atoms in total.